The molecule has 0 aliphatic carbocycles. The van der Waals surface area contributed by atoms with Crippen molar-refractivity contribution >= 4 is 23.5 Å². The lowest BCUT2D eigenvalue weighted by atomic mass is 9.96. The SMILES string of the molecule is CCC(=O)CCCCCNC(=O)CN(CC(=O)NCCCCCCN(CCO[C@H]1O[C@H](CO)[C@@H](O)[C@H](O)[C@@H]1O)CCO[C@H]1O[C@H](CO[C@H]2O[C@H](CO)[C@@H](O)[C@H](O)[C@@H]2O)[C@@H](O)[C@H](O[C@H]2O[C@H](CO)[C@@H](O)[C@H](O)[C@@H]2O)[C@@H]1O)CC(=O)NCCO[C@H]1O[C@H](CO[C@H]2O[C@H](CO)[C@@H](O)[C@H](O)[C@@H]2O)[C@@H](O)[C@H](O[C@H]2O[C@H](CO)[C@@H](O)[C@H](O)[C@@H]2O)[C@@H]1O. The Kier molecular flexibility index (Phi) is 42.0. The topological polar surface area (TPSA) is 726 Å². The van der Waals surface area contributed by atoms with Crippen LogP contribution in [0.4, 0.5) is 0 Å². The zero-order valence-electron chi connectivity index (χ0n) is 63.5. The van der Waals surface area contributed by atoms with Crippen LogP contribution in [-0.4, -0.2) is 496 Å². The Labute approximate surface area is 660 Å². The first-order chi connectivity index (χ1) is 54.8. The van der Waals surface area contributed by atoms with Crippen molar-refractivity contribution in [2.75, 3.05) is 125 Å². The van der Waals surface area contributed by atoms with E-state index in [0.717, 1.165) is 0 Å². The van der Waals surface area contributed by atoms with Crippen LogP contribution >= 0.6 is 0 Å². The van der Waals surface area contributed by atoms with Gasteiger partial charge in [-0.2, -0.15) is 0 Å². The summed E-state index contributed by atoms with van der Waals surface area (Å²) in [6.07, 6.45) is -57.6. The molecule has 7 fully saturated rings. The Bertz CT molecular complexity index is 2810. The normalized spacial score (nSPS) is 40.0. The predicted octanol–water partition coefficient (Wildman–Crippen LogP) is -16.2. The van der Waals surface area contributed by atoms with Gasteiger partial charge in [-0.3, -0.25) is 29.0 Å². The van der Waals surface area contributed by atoms with Gasteiger partial charge in [0.1, 0.15) is 177 Å². The Balaban J connectivity index is 0.949. The number of amides is 3. The highest BCUT2D eigenvalue weighted by Crippen LogP contribution is 2.34. The van der Waals surface area contributed by atoms with E-state index in [4.69, 9.17) is 66.3 Å². The van der Waals surface area contributed by atoms with Crippen molar-refractivity contribution < 1.29 is 208 Å². The maximum absolute atomic E-state index is 13.6. The van der Waals surface area contributed by atoms with Gasteiger partial charge >= 0.3 is 0 Å². The van der Waals surface area contributed by atoms with Crippen LogP contribution in [0.1, 0.15) is 64.7 Å². The number of rotatable bonds is 47. The number of Topliss-reactive ketones (excluding diaryl/α,β-unsaturated/α-hetero) is 1. The van der Waals surface area contributed by atoms with Gasteiger partial charge in [0, 0.05) is 45.6 Å². The molecule has 0 aromatic rings. The van der Waals surface area contributed by atoms with Gasteiger partial charge < -0.3 is 205 Å². The molecule has 35 atom stereocenters. The highest BCUT2D eigenvalue weighted by Gasteiger charge is 2.55. The largest absolute Gasteiger partial charge is 0.394 e. The molecule has 47 nitrogen and oxygen atoms in total. The third-order valence-electron chi connectivity index (χ3n) is 20.7. The average Bonchev–Trinajstić information content (AvgIpc) is 0.789. The predicted molar refractivity (Wildman–Crippen MR) is 374 cm³/mol. The minimum absolute atomic E-state index is 0.00576. The van der Waals surface area contributed by atoms with E-state index >= 15 is 0 Å². The smallest absolute Gasteiger partial charge is 0.234 e. The van der Waals surface area contributed by atoms with E-state index in [-0.39, 0.29) is 58.3 Å². The summed E-state index contributed by atoms with van der Waals surface area (Å²) in [5.74, 6) is -1.78. The molecule has 7 aliphatic heterocycles. The van der Waals surface area contributed by atoms with Gasteiger partial charge in [-0.1, -0.05) is 26.2 Å². The zero-order valence-corrected chi connectivity index (χ0v) is 63.5. The number of ether oxygens (including phenoxy) is 14. The molecule has 670 valence electrons. The summed E-state index contributed by atoms with van der Waals surface area (Å²) in [6, 6.07) is 0. The summed E-state index contributed by atoms with van der Waals surface area (Å²) in [5.41, 5.74) is 0. The van der Waals surface area contributed by atoms with Gasteiger partial charge in [-0.15, -0.1) is 0 Å². The van der Waals surface area contributed by atoms with Crippen molar-refractivity contribution in [1.29, 1.82) is 0 Å². The molecule has 7 rings (SSSR count). The minimum atomic E-state index is -2.02. The standard InChI is InChI=1S/C68H121N5O42/c1-2-30(79)10-6-5-8-12-70-39(81)21-73(22-40(82)71-13-17-102-65-58(100)60(114-67-56(98)51(93)44(86)34(26-77)110-67)46(88)36(112-65)28-105-63-54(96)49(91)42(84)32(24-75)108-63)20-38(80)69-11-7-3-4-9-14-72(15-18-103-62-53(95)48(90)41(83)31(23-74)107-62)16-19-104-66-59(101)61(115-68-57(99)52(94)45(87)35(27-78)111-68)47(89)37(113-66)29-106-64-55(97)50(92)43(85)33(25-76)109-64/h31-37,41-68,74-78,83-101H,2-29H2,1H3,(H,69,80)(H,70,81)(H,71,82)/t31-,32-,33-,34-,35-,36-,37-,41-,42-,43-,44-,45-,46-,47-,48+,49+,50+,51+,52+,53+,54+,55+,56+,57+,58+,59+,60+,61+,62+,63+,64+,65+,66+,67-,68-/m1/s1. The van der Waals surface area contributed by atoms with Crippen LogP contribution in [0.15, 0.2) is 0 Å². The molecule has 0 spiro atoms. The van der Waals surface area contributed by atoms with Crippen molar-refractivity contribution in [3.8, 4) is 0 Å². The van der Waals surface area contributed by atoms with Crippen LogP contribution in [0.5, 0.6) is 0 Å². The number of unbranched alkanes of at least 4 members (excludes halogenated alkanes) is 5. The van der Waals surface area contributed by atoms with E-state index in [0.29, 0.717) is 57.8 Å². The number of carbonyl (C=O) groups excluding carboxylic acids is 4. The molecule has 7 heterocycles. The molecular formula is C68H121N5O42. The second-order valence-electron chi connectivity index (χ2n) is 29.2. The molecule has 0 saturated carbocycles. The van der Waals surface area contributed by atoms with E-state index in [1.807, 2.05) is 0 Å². The van der Waals surface area contributed by atoms with E-state index in [1.54, 1.807) is 11.8 Å². The molecule has 3 amide bonds. The van der Waals surface area contributed by atoms with Gasteiger partial charge in [0.15, 0.2) is 44.0 Å². The van der Waals surface area contributed by atoms with E-state index in [1.165, 1.54) is 4.90 Å². The van der Waals surface area contributed by atoms with Crippen LogP contribution in [0.3, 0.4) is 0 Å². The van der Waals surface area contributed by atoms with Crippen molar-refractivity contribution in [3.63, 3.8) is 0 Å². The van der Waals surface area contributed by atoms with Crippen molar-refractivity contribution in [2.45, 2.75) is 280 Å². The number of nitrogens with one attached hydrogen (secondary N) is 3. The highest BCUT2D eigenvalue weighted by molar-refractivity contribution is 5.84. The maximum Gasteiger partial charge on any atom is 0.234 e. The number of nitrogens with zero attached hydrogens (tertiary/aromatic N) is 2. The lowest BCUT2D eigenvalue weighted by Gasteiger charge is -2.46. The van der Waals surface area contributed by atoms with Crippen LogP contribution in [0.2, 0.25) is 0 Å². The summed E-state index contributed by atoms with van der Waals surface area (Å²) in [6.45, 7) is -6.02. The minimum Gasteiger partial charge on any atom is -0.394 e. The molecule has 27 N–H and O–H groups in total. The number of aliphatic hydroxyl groups is 24. The van der Waals surface area contributed by atoms with E-state index in [2.05, 4.69) is 16.0 Å². The van der Waals surface area contributed by atoms with Crippen LogP contribution in [0.25, 0.3) is 0 Å². The zero-order chi connectivity index (χ0) is 84.5. The highest BCUT2D eigenvalue weighted by atomic mass is 16.8. The number of ketones is 1. The number of hydrogen-bond donors (Lipinski definition) is 27. The fourth-order valence-corrected chi connectivity index (χ4v) is 13.7. The number of carbonyl (C=O) groups is 4. The molecule has 0 aromatic heterocycles. The average molecular weight is 1680 g/mol. The molecule has 0 radical (unpaired) electrons. The van der Waals surface area contributed by atoms with Crippen LogP contribution < -0.4 is 16.0 Å². The van der Waals surface area contributed by atoms with Gasteiger partial charge in [0.05, 0.1) is 85.7 Å². The first kappa shape index (κ1) is 98.6. The fraction of sp³-hybridized carbons (Fsp3) is 0.941. The molecule has 7 saturated heterocycles. The Morgan fingerprint density at radius 3 is 0.948 bits per heavy atom. The quantitative estimate of drug-likeness (QED) is 0.0252. The summed E-state index contributed by atoms with van der Waals surface area (Å²) in [4.78, 5) is 55.4. The number of aliphatic hydroxyl groups excluding tert-OH is 24. The second kappa shape index (κ2) is 48.9. The summed E-state index contributed by atoms with van der Waals surface area (Å²) >= 11 is 0. The summed E-state index contributed by atoms with van der Waals surface area (Å²) in [5, 5.41) is 261. The monoisotopic (exact) mass is 1680 g/mol. The maximum atomic E-state index is 13.6. The lowest BCUT2D eigenvalue weighted by molar-refractivity contribution is -0.366. The van der Waals surface area contributed by atoms with Crippen LogP contribution in [-0.2, 0) is 85.5 Å². The fourth-order valence-electron chi connectivity index (χ4n) is 13.7. The van der Waals surface area contributed by atoms with E-state index in [9.17, 15) is 142 Å². The van der Waals surface area contributed by atoms with Crippen LogP contribution in [0, 0.1) is 0 Å². The molecular weight excluding hydrogens is 1560 g/mol. The first-order valence-corrected chi connectivity index (χ1v) is 38.5. The summed E-state index contributed by atoms with van der Waals surface area (Å²) in [7, 11) is 0. The van der Waals surface area contributed by atoms with Gasteiger partial charge in [0.2, 0.25) is 17.7 Å². The molecule has 47 heteroatoms. The summed E-state index contributed by atoms with van der Waals surface area (Å²) < 4.78 is 79.4. The molecule has 0 aromatic carbocycles. The van der Waals surface area contributed by atoms with Gasteiger partial charge in [-0.25, -0.2) is 0 Å². The van der Waals surface area contributed by atoms with Gasteiger partial charge in [0.25, 0.3) is 0 Å². The Morgan fingerprint density at radius 2 is 0.591 bits per heavy atom. The third-order valence-corrected chi connectivity index (χ3v) is 20.7. The lowest BCUT2D eigenvalue weighted by Crippen LogP contribution is -2.65. The Hall–Kier alpha value is -3.52. The molecule has 115 heavy (non-hydrogen) atoms. The van der Waals surface area contributed by atoms with Crippen molar-refractivity contribution in [1.82, 2.24) is 25.8 Å². The third kappa shape index (κ3) is 27.7. The van der Waals surface area contributed by atoms with E-state index < -0.39 is 305 Å². The number of hydrogen-bond acceptors (Lipinski definition) is 44. The molecule has 0 unspecified atom stereocenters. The Morgan fingerprint density at radius 1 is 0.296 bits per heavy atom. The second-order valence-corrected chi connectivity index (χ2v) is 29.2. The molecule has 0 bridgehead atoms. The first-order valence-electron chi connectivity index (χ1n) is 38.5. The van der Waals surface area contributed by atoms with Crippen molar-refractivity contribution in [3.05, 3.63) is 0 Å². The molecule has 7 aliphatic rings. The van der Waals surface area contributed by atoms with Crippen molar-refractivity contribution in [2.24, 2.45) is 0 Å². The van der Waals surface area contributed by atoms with Gasteiger partial charge in [-0.05, 0) is 32.2 Å².